The molecule has 0 aliphatic rings. The molecular weight excluding hydrogens is 369 g/mol. The second-order valence-electron chi connectivity index (χ2n) is 6.46. The molecule has 0 aliphatic carbocycles. The van der Waals surface area contributed by atoms with E-state index in [9.17, 15) is 12.8 Å². The van der Waals surface area contributed by atoms with Gasteiger partial charge in [-0.15, -0.1) is 0 Å². The van der Waals surface area contributed by atoms with E-state index >= 15 is 0 Å². The number of fused-ring (bicyclic) bond motifs is 1. The molecule has 3 rings (SSSR count). The van der Waals surface area contributed by atoms with E-state index in [1.807, 2.05) is 0 Å². The quantitative estimate of drug-likeness (QED) is 0.542. The molecule has 6 nitrogen and oxygen atoms in total. The van der Waals surface area contributed by atoms with Crippen LogP contribution in [0.3, 0.4) is 0 Å². The smallest absolute Gasteiger partial charge is 0.257 e. The zero-order valence-electron chi connectivity index (χ0n) is 15.4. The number of nitrogens with zero attached hydrogens (tertiary/aromatic N) is 3. The van der Waals surface area contributed by atoms with Gasteiger partial charge in [0.25, 0.3) is 5.71 Å². The molecule has 27 heavy (non-hydrogen) atoms. The van der Waals surface area contributed by atoms with Crippen LogP contribution in [0.25, 0.3) is 11.1 Å². The second-order valence-corrected chi connectivity index (χ2v) is 8.40. The average molecular weight is 391 g/mol. The lowest BCUT2D eigenvalue weighted by atomic mass is 10.2. The van der Waals surface area contributed by atoms with Gasteiger partial charge in [-0.1, -0.05) is 37.1 Å². The van der Waals surface area contributed by atoms with Crippen LogP contribution in [0.4, 0.5) is 4.39 Å². The van der Waals surface area contributed by atoms with Gasteiger partial charge >= 0.3 is 0 Å². The molecule has 8 heteroatoms. The molecule has 0 N–H and O–H groups in total. The van der Waals surface area contributed by atoms with E-state index in [1.165, 1.54) is 22.6 Å². The molecule has 0 saturated carbocycles. The first-order chi connectivity index (χ1) is 12.9. The van der Waals surface area contributed by atoms with Crippen molar-refractivity contribution in [3.05, 3.63) is 53.6 Å². The number of hydrogen-bond donors (Lipinski definition) is 0. The van der Waals surface area contributed by atoms with Crippen LogP contribution < -0.4 is 0 Å². The summed E-state index contributed by atoms with van der Waals surface area (Å²) in [5, 5.41) is 4.39. The van der Waals surface area contributed by atoms with Crippen molar-refractivity contribution in [2.45, 2.75) is 44.6 Å². The fraction of sp³-hybridized carbons (Fsp3) is 0.368. The summed E-state index contributed by atoms with van der Waals surface area (Å²) in [6.45, 7) is 4.36. The van der Waals surface area contributed by atoms with Crippen molar-refractivity contribution in [3.63, 3.8) is 0 Å². The number of unbranched alkanes of at least 4 members (excludes halogenated alkanes) is 2. The van der Waals surface area contributed by atoms with Gasteiger partial charge in [0.05, 0.1) is 17.3 Å². The van der Waals surface area contributed by atoms with Crippen molar-refractivity contribution in [1.29, 1.82) is 0 Å². The molecule has 0 atom stereocenters. The van der Waals surface area contributed by atoms with Crippen molar-refractivity contribution in [3.8, 4) is 0 Å². The van der Waals surface area contributed by atoms with Gasteiger partial charge in [0.1, 0.15) is 10.7 Å². The topological polar surface area (TPSA) is 76.3 Å². The number of rotatable bonds is 8. The van der Waals surface area contributed by atoms with Crippen molar-refractivity contribution >= 4 is 21.1 Å². The molecule has 2 heterocycles. The molecule has 0 saturated heterocycles. The third kappa shape index (κ3) is 4.33. The van der Waals surface area contributed by atoms with Crippen LogP contribution in [-0.2, 0) is 16.6 Å². The maximum atomic E-state index is 13.2. The fourth-order valence-corrected chi connectivity index (χ4v) is 4.27. The Bertz CT molecular complexity index is 1020. The number of aryl methyl sites for hydroxylation is 1. The van der Waals surface area contributed by atoms with Gasteiger partial charge < -0.3 is 4.52 Å². The lowest BCUT2D eigenvalue weighted by Gasteiger charge is -2.22. The molecule has 0 amide bonds. The third-order valence-electron chi connectivity index (χ3n) is 4.41. The Morgan fingerprint density at radius 3 is 2.63 bits per heavy atom. The van der Waals surface area contributed by atoms with Gasteiger partial charge in [-0.25, -0.2) is 17.8 Å². The summed E-state index contributed by atoms with van der Waals surface area (Å²) < 4.78 is 46.1. The SMILES string of the molecule is CCCCCN(Cc1ccc(F)cc1)S(=O)(=O)c1cnc2onc(C)c2c1. The van der Waals surface area contributed by atoms with Crippen LogP contribution in [0.15, 0.2) is 45.9 Å². The predicted molar refractivity (Wildman–Crippen MR) is 100 cm³/mol. The van der Waals surface area contributed by atoms with Crippen molar-refractivity contribution in [2.24, 2.45) is 0 Å². The van der Waals surface area contributed by atoms with Crippen molar-refractivity contribution in [1.82, 2.24) is 14.4 Å². The zero-order valence-corrected chi connectivity index (χ0v) is 16.2. The Balaban J connectivity index is 1.94. The minimum Gasteiger partial charge on any atom is -0.336 e. The van der Waals surface area contributed by atoms with E-state index in [0.29, 0.717) is 23.3 Å². The molecule has 2 aromatic heterocycles. The number of sulfonamides is 1. The van der Waals surface area contributed by atoms with Gasteiger partial charge in [0, 0.05) is 13.1 Å². The molecular formula is C19H22FN3O3S. The monoisotopic (exact) mass is 391 g/mol. The van der Waals surface area contributed by atoms with E-state index in [0.717, 1.165) is 24.8 Å². The number of halogens is 1. The number of pyridine rings is 1. The van der Waals surface area contributed by atoms with Gasteiger partial charge in [-0.05, 0) is 37.1 Å². The van der Waals surface area contributed by atoms with E-state index < -0.39 is 10.0 Å². The minimum absolute atomic E-state index is 0.0971. The molecule has 1 aromatic carbocycles. The molecule has 0 bridgehead atoms. The number of aromatic nitrogens is 2. The van der Waals surface area contributed by atoms with E-state index in [1.54, 1.807) is 25.1 Å². The molecule has 0 spiro atoms. The first-order valence-electron chi connectivity index (χ1n) is 8.88. The molecule has 144 valence electrons. The fourth-order valence-electron chi connectivity index (χ4n) is 2.83. The summed E-state index contributed by atoms with van der Waals surface area (Å²) in [7, 11) is -3.77. The van der Waals surface area contributed by atoms with Crippen LogP contribution >= 0.6 is 0 Å². The summed E-state index contributed by atoms with van der Waals surface area (Å²) in [6.07, 6.45) is 3.95. The Hall–Kier alpha value is -2.32. The highest BCUT2D eigenvalue weighted by Crippen LogP contribution is 2.24. The van der Waals surface area contributed by atoms with Gasteiger partial charge in [-0.2, -0.15) is 4.31 Å². The van der Waals surface area contributed by atoms with Crippen molar-refractivity contribution in [2.75, 3.05) is 6.54 Å². The van der Waals surface area contributed by atoms with Crippen LogP contribution in [0, 0.1) is 12.7 Å². The lowest BCUT2D eigenvalue weighted by Crippen LogP contribution is -2.31. The Morgan fingerprint density at radius 1 is 1.19 bits per heavy atom. The lowest BCUT2D eigenvalue weighted by molar-refractivity contribution is 0.394. The molecule has 0 unspecified atom stereocenters. The Morgan fingerprint density at radius 2 is 1.93 bits per heavy atom. The average Bonchev–Trinajstić information content (AvgIpc) is 3.03. The molecule has 0 fully saturated rings. The van der Waals surface area contributed by atoms with Gasteiger partial charge in [0.15, 0.2) is 0 Å². The Labute approximate surface area is 158 Å². The maximum Gasteiger partial charge on any atom is 0.257 e. The second kappa shape index (κ2) is 8.14. The highest BCUT2D eigenvalue weighted by atomic mass is 32.2. The molecule has 0 radical (unpaired) electrons. The first kappa shape index (κ1) is 19.4. The minimum atomic E-state index is -3.77. The van der Waals surface area contributed by atoms with Gasteiger partial charge in [0.2, 0.25) is 10.0 Å². The first-order valence-corrected chi connectivity index (χ1v) is 10.3. The highest BCUT2D eigenvalue weighted by Gasteiger charge is 2.26. The predicted octanol–water partition coefficient (Wildman–Crippen LogP) is 4.05. The number of benzene rings is 1. The number of hydrogen-bond acceptors (Lipinski definition) is 5. The maximum absolute atomic E-state index is 13.2. The summed E-state index contributed by atoms with van der Waals surface area (Å²) in [6, 6.07) is 7.41. The van der Waals surface area contributed by atoms with E-state index in [4.69, 9.17) is 4.52 Å². The van der Waals surface area contributed by atoms with Crippen LogP contribution in [0.5, 0.6) is 0 Å². The van der Waals surface area contributed by atoms with Crippen molar-refractivity contribution < 1.29 is 17.3 Å². The molecule has 3 aromatic rings. The van der Waals surface area contributed by atoms with Crippen LogP contribution in [-0.4, -0.2) is 29.4 Å². The molecule has 0 aliphatic heterocycles. The third-order valence-corrected chi connectivity index (χ3v) is 6.22. The zero-order chi connectivity index (χ0) is 19.4. The summed E-state index contributed by atoms with van der Waals surface area (Å²) in [5.41, 5.74) is 1.62. The highest BCUT2D eigenvalue weighted by molar-refractivity contribution is 7.89. The van der Waals surface area contributed by atoms with Gasteiger partial charge in [-0.3, -0.25) is 0 Å². The van der Waals surface area contributed by atoms with E-state index in [2.05, 4.69) is 17.1 Å². The Kier molecular flexibility index (Phi) is 5.86. The standard InChI is InChI=1S/C19H22FN3O3S/c1-3-4-5-10-23(13-15-6-8-16(20)9-7-15)27(24,25)17-11-18-14(2)22-26-19(18)21-12-17/h6-9,11-12H,3-5,10,13H2,1-2H3. The summed E-state index contributed by atoms with van der Waals surface area (Å²) in [5.74, 6) is -0.350. The van der Waals surface area contributed by atoms with E-state index in [-0.39, 0.29) is 17.3 Å². The largest absolute Gasteiger partial charge is 0.336 e. The normalized spacial score (nSPS) is 12.1. The van der Waals surface area contributed by atoms with Crippen LogP contribution in [0.2, 0.25) is 0 Å². The summed E-state index contributed by atoms with van der Waals surface area (Å²) >= 11 is 0. The van der Waals surface area contributed by atoms with Crippen LogP contribution in [0.1, 0.15) is 37.4 Å². The summed E-state index contributed by atoms with van der Waals surface area (Å²) in [4.78, 5) is 4.18.